The van der Waals surface area contributed by atoms with Gasteiger partial charge in [0.1, 0.15) is 0 Å². The Morgan fingerprint density at radius 2 is 2.25 bits per heavy atom. The van der Waals surface area contributed by atoms with E-state index in [2.05, 4.69) is 10.2 Å². The zero-order valence-corrected chi connectivity index (χ0v) is 10.0. The summed E-state index contributed by atoms with van der Waals surface area (Å²) in [5.74, 6) is 0.229. The molecule has 0 amide bonds. The SMILES string of the molecule is Cc1cc(Cl)ccc1N1CCNCC(=O)C1. The number of Topliss-reactive ketones (excluding diaryl/α,β-unsaturated/α-hetero) is 1. The van der Waals surface area contributed by atoms with Crippen LogP contribution in [0, 0.1) is 6.92 Å². The Morgan fingerprint density at radius 3 is 3.00 bits per heavy atom. The second-order valence-electron chi connectivity index (χ2n) is 4.07. The maximum atomic E-state index is 11.5. The second-order valence-corrected chi connectivity index (χ2v) is 4.50. The van der Waals surface area contributed by atoms with E-state index in [-0.39, 0.29) is 5.78 Å². The fraction of sp³-hybridized carbons (Fsp3) is 0.417. The quantitative estimate of drug-likeness (QED) is 0.807. The van der Waals surface area contributed by atoms with Crippen molar-refractivity contribution in [3.63, 3.8) is 0 Å². The number of benzene rings is 1. The summed E-state index contributed by atoms with van der Waals surface area (Å²) >= 11 is 5.92. The molecular weight excluding hydrogens is 224 g/mol. The number of ketones is 1. The molecule has 1 heterocycles. The number of nitrogens with one attached hydrogen (secondary N) is 1. The van der Waals surface area contributed by atoms with Crippen LogP contribution < -0.4 is 10.2 Å². The van der Waals surface area contributed by atoms with Crippen LogP contribution in [-0.4, -0.2) is 32.0 Å². The molecule has 0 unspecified atom stereocenters. The fourth-order valence-electron chi connectivity index (χ4n) is 1.97. The van der Waals surface area contributed by atoms with Gasteiger partial charge in [0.15, 0.2) is 5.78 Å². The van der Waals surface area contributed by atoms with Gasteiger partial charge in [0.05, 0.1) is 13.1 Å². The van der Waals surface area contributed by atoms with E-state index in [0.29, 0.717) is 13.1 Å². The van der Waals surface area contributed by atoms with E-state index in [1.807, 2.05) is 25.1 Å². The van der Waals surface area contributed by atoms with E-state index in [9.17, 15) is 4.79 Å². The maximum Gasteiger partial charge on any atom is 0.165 e. The van der Waals surface area contributed by atoms with Crippen molar-refractivity contribution in [2.75, 3.05) is 31.1 Å². The van der Waals surface area contributed by atoms with Gasteiger partial charge in [0, 0.05) is 23.8 Å². The number of carbonyl (C=O) groups is 1. The molecule has 0 atom stereocenters. The molecule has 1 saturated heterocycles. The van der Waals surface area contributed by atoms with Gasteiger partial charge in [-0.05, 0) is 30.7 Å². The number of rotatable bonds is 1. The van der Waals surface area contributed by atoms with Crippen molar-refractivity contribution >= 4 is 23.1 Å². The fourth-order valence-corrected chi connectivity index (χ4v) is 2.20. The first-order valence-electron chi connectivity index (χ1n) is 5.40. The Kier molecular flexibility index (Phi) is 3.46. The highest BCUT2D eigenvalue weighted by atomic mass is 35.5. The molecule has 1 aromatic rings. The topological polar surface area (TPSA) is 32.3 Å². The molecule has 1 N–H and O–H groups in total. The minimum atomic E-state index is 0.229. The highest BCUT2D eigenvalue weighted by Crippen LogP contribution is 2.23. The molecular formula is C12H15ClN2O. The normalized spacial score (nSPS) is 17.4. The monoisotopic (exact) mass is 238 g/mol. The van der Waals surface area contributed by atoms with E-state index >= 15 is 0 Å². The van der Waals surface area contributed by atoms with E-state index in [1.54, 1.807) is 0 Å². The van der Waals surface area contributed by atoms with Crippen LogP contribution in [-0.2, 0) is 4.79 Å². The third-order valence-corrected chi connectivity index (χ3v) is 2.98. The summed E-state index contributed by atoms with van der Waals surface area (Å²) in [6, 6.07) is 5.78. The Morgan fingerprint density at radius 1 is 1.44 bits per heavy atom. The van der Waals surface area contributed by atoms with Gasteiger partial charge >= 0.3 is 0 Å². The van der Waals surface area contributed by atoms with Gasteiger partial charge in [-0.15, -0.1) is 0 Å². The largest absolute Gasteiger partial charge is 0.363 e. The summed E-state index contributed by atoms with van der Waals surface area (Å²) < 4.78 is 0. The molecule has 0 radical (unpaired) electrons. The number of halogens is 1. The zero-order chi connectivity index (χ0) is 11.5. The van der Waals surface area contributed by atoms with Crippen LogP contribution in [0.15, 0.2) is 18.2 Å². The summed E-state index contributed by atoms with van der Waals surface area (Å²) in [4.78, 5) is 13.6. The van der Waals surface area contributed by atoms with Gasteiger partial charge < -0.3 is 10.2 Å². The minimum Gasteiger partial charge on any atom is -0.363 e. The van der Waals surface area contributed by atoms with E-state index in [4.69, 9.17) is 11.6 Å². The number of aryl methyl sites for hydroxylation is 1. The van der Waals surface area contributed by atoms with Crippen molar-refractivity contribution in [3.05, 3.63) is 28.8 Å². The summed E-state index contributed by atoms with van der Waals surface area (Å²) in [5, 5.41) is 3.85. The number of anilines is 1. The summed E-state index contributed by atoms with van der Waals surface area (Å²) in [6.07, 6.45) is 0. The Labute approximate surface area is 100 Å². The number of hydrogen-bond donors (Lipinski definition) is 1. The van der Waals surface area contributed by atoms with Gasteiger partial charge in [-0.25, -0.2) is 0 Å². The van der Waals surface area contributed by atoms with Crippen LogP contribution in [0.5, 0.6) is 0 Å². The number of carbonyl (C=O) groups excluding carboxylic acids is 1. The van der Waals surface area contributed by atoms with Gasteiger partial charge in [0.25, 0.3) is 0 Å². The zero-order valence-electron chi connectivity index (χ0n) is 9.29. The third-order valence-electron chi connectivity index (χ3n) is 2.75. The van der Waals surface area contributed by atoms with E-state index in [1.165, 1.54) is 0 Å². The van der Waals surface area contributed by atoms with Crippen LogP contribution in [0.25, 0.3) is 0 Å². The highest BCUT2D eigenvalue weighted by molar-refractivity contribution is 6.30. The lowest BCUT2D eigenvalue weighted by Gasteiger charge is -2.23. The summed E-state index contributed by atoms with van der Waals surface area (Å²) in [5.41, 5.74) is 2.21. The van der Waals surface area contributed by atoms with Crippen molar-refractivity contribution in [1.82, 2.24) is 5.32 Å². The molecule has 0 aliphatic carbocycles. The van der Waals surface area contributed by atoms with E-state index in [0.717, 1.165) is 29.4 Å². The smallest absolute Gasteiger partial charge is 0.165 e. The van der Waals surface area contributed by atoms with Gasteiger partial charge in [0.2, 0.25) is 0 Å². The average Bonchev–Trinajstić information content (AvgIpc) is 2.43. The van der Waals surface area contributed by atoms with Crippen LogP contribution in [0.1, 0.15) is 5.56 Å². The molecule has 1 aromatic carbocycles. The molecule has 0 saturated carbocycles. The molecule has 1 aliphatic rings. The Hall–Kier alpha value is -1.06. The maximum absolute atomic E-state index is 11.5. The Balaban J connectivity index is 2.24. The molecule has 86 valence electrons. The first kappa shape index (κ1) is 11.4. The molecule has 0 aromatic heterocycles. The third kappa shape index (κ3) is 2.54. The lowest BCUT2D eigenvalue weighted by molar-refractivity contribution is -0.116. The van der Waals surface area contributed by atoms with Crippen molar-refractivity contribution in [2.45, 2.75) is 6.92 Å². The number of nitrogens with zero attached hydrogens (tertiary/aromatic N) is 1. The van der Waals surface area contributed by atoms with Gasteiger partial charge in [-0.1, -0.05) is 11.6 Å². The molecule has 4 heteroatoms. The molecule has 3 nitrogen and oxygen atoms in total. The van der Waals surface area contributed by atoms with Crippen molar-refractivity contribution in [2.24, 2.45) is 0 Å². The lowest BCUT2D eigenvalue weighted by Crippen LogP contribution is -2.30. The number of hydrogen-bond acceptors (Lipinski definition) is 3. The van der Waals surface area contributed by atoms with E-state index < -0.39 is 0 Å². The summed E-state index contributed by atoms with van der Waals surface area (Å²) in [6.45, 7) is 4.67. The first-order chi connectivity index (χ1) is 7.66. The lowest BCUT2D eigenvalue weighted by atomic mass is 10.1. The standard InChI is InChI=1S/C12H15ClN2O/c1-9-6-10(13)2-3-12(9)15-5-4-14-7-11(16)8-15/h2-3,6,14H,4-5,7-8H2,1H3. The molecule has 1 fully saturated rings. The van der Waals surface area contributed by atoms with Crippen molar-refractivity contribution < 1.29 is 4.79 Å². The van der Waals surface area contributed by atoms with Crippen LogP contribution in [0.3, 0.4) is 0 Å². The summed E-state index contributed by atoms with van der Waals surface area (Å²) in [7, 11) is 0. The molecule has 2 rings (SSSR count). The van der Waals surface area contributed by atoms with Crippen LogP contribution in [0.2, 0.25) is 5.02 Å². The predicted octanol–water partition coefficient (Wildman–Crippen LogP) is 1.63. The minimum absolute atomic E-state index is 0.229. The molecule has 16 heavy (non-hydrogen) atoms. The first-order valence-corrected chi connectivity index (χ1v) is 5.78. The van der Waals surface area contributed by atoms with Crippen molar-refractivity contribution in [1.29, 1.82) is 0 Å². The average molecular weight is 239 g/mol. The molecule has 0 bridgehead atoms. The second kappa shape index (κ2) is 4.85. The van der Waals surface area contributed by atoms with Crippen molar-refractivity contribution in [3.8, 4) is 0 Å². The predicted molar refractivity (Wildman–Crippen MR) is 66.3 cm³/mol. The van der Waals surface area contributed by atoms with Crippen LogP contribution >= 0.6 is 11.6 Å². The van der Waals surface area contributed by atoms with Gasteiger partial charge in [-0.2, -0.15) is 0 Å². The molecule has 1 aliphatic heterocycles. The van der Waals surface area contributed by atoms with Crippen LogP contribution in [0.4, 0.5) is 5.69 Å². The molecule has 0 spiro atoms. The van der Waals surface area contributed by atoms with Gasteiger partial charge in [-0.3, -0.25) is 4.79 Å². The Bertz CT molecular complexity index is 406. The highest BCUT2D eigenvalue weighted by Gasteiger charge is 2.16.